The minimum atomic E-state index is 0.0364. The maximum absolute atomic E-state index is 13.2. The van der Waals surface area contributed by atoms with Gasteiger partial charge in [-0.15, -0.1) is 0 Å². The van der Waals surface area contributed by atoms with Gasteiger partial charge >= 0.3 is 0 Å². The molecule has 4 rings (SSSR count). The summed E-state index contributed by atoms with van der Waals surface area (Å²) in [5, 5.41) is 0.706. The Kier molecular flexibility index (Phi) is 7.40. The minimum absolute atomic E-state index is 0.0364. The average Bonchev–Trinajstić information content (AvgIpc) is 2.86. The number of aryl methyl sites for hydroxylation is 1. The number of hydrogen-bond acceptors (Lipinski definition) is 4. The van der Waals surface area contributed by atoms with Gasteiger partial charge < -0.3 is 19.3 Å². The van der Waals surface area contributed by atoms with Crippen LogP contribution in [-0.2, 0) is 6.61 Å². The number of para-hydroxylation sites is 1. The molecule has 0 unspecified atom stereocenters. The number of ether oxygens (including phenoxy) is 2. The first-order valence-electron chi connectivity index (χ1n) is 11.3. The molecular weight excluding hydrogens is 436 g/mol. The van der Waals surface area contributed by atoms with Gasteiger partial charge in [-0.3, -0.25) is 4.79 Å². The molecule has 1 fully saturated rings. The zero-order valence-corrected chi connectivity index (χ0v) is 19.8. The van der Waals surface area contributed by atoms with Crippen molar-refractivity contribution in [1.82, 2.24) is 4.90 Å². The fourth-order valence-electron chi connectivity index (χ4n) is 3.98. The average molecular weight is 465 g/mol. The molecule has 33 heavy (non-hydrogen) atoms. The second-order valence-corrected chi connectivity index (χ2v) is 8.48. The Hall–Kier alpha value is -3.18. The molecule has 0 aliphatic carbocycles. The van der Waals surface area contributed by atoms with Crippen molar-refractivity contribution >= 4 is 23.2 Å². The molecule has 1 heterocycles. The molecule has 0 aromatic heterocycles. The van der Waals surface area contributed by atoms with Crippen molar-refractivity contribution in [2.75, 3.05) is 37.7 Å². The molecule has 3 aromatic carbocycles. The molecule has 0 spiro atoms. The summed E-state index contributed by atoms with van der Waals surface area (Å²) < 4.78 is 11.8. The minimum Gasteiger partial charge on any atom is -0.493 e. The van der Waals surface area contributed by atoms with E-state index in [2.05, 4.69) is 17.0 Å². The van der Waals surface area contributed by atoms with Crippen LogP contribution < -0.4 is 14.4 Å². The molecule has 0 N–H and O–H groups in total. The zero-order valence-electron chi connectivity index (χ0n) is 19.1. The smallest absolute Gasteiger partial charge is 0.253 e. The number of amides is 1. The molecule has 0 radical (unpaired) electrons. The van der Waals surface area contributed by atoms with E-state index in [-0.39, 0.29) is 5.91 Å². The molecule has 172 valence electrons. The van der Waals surface area contributed by atoms with Gasteiger partial charge in [0.25, 0.3) is 5.91 Å². The number of hydrogen-bond donors (Lipinski definition) is 0. The third kappa shape index (κ3) is 5.60. The third-order valence-electron chi connectivity index (χ3n) is 5.82. The van der Waals surface area contributed by atoms with Crippen LogP contribution in [0.4, 0.5) is 5.69 Å². The van der Waals surface area contributed by atoms with Crippen molar-refractivity contribution in [2.24, 2.45) is 0 Å². The Morgan fingerprint density at radius 3 is 2.39 bits per heavy atom. The van der Waals surface area contributed by atoms with E-state index in [0.29, 0.717) is 36.9 Å². The number of piperazine rings is 1. The topological polar surface area (TPSA) is 42.0 Å². The monoisotopic (exact) mass is 464 g/mol. The summed E-state index contributed by atoms with van der Waals surface area (Å²) in [5.41, 5.74) is 3.65. The number of anilines is 1. The molecule has 1 saturated heterocycles. The van der Waals surface area contributed by atoms with E-state index < -0.39 is 0 Å². The molecular formula is C27H29ClN2O3. The fraction of sp³-hybridized carbons (Fsp3) is 0.296. The predicted octanol–water partition coefficient (Wildman–Crippen LogP) is 5.59. The Morgan fingerprint density at radius 1 is 0.939 bits per heavy atom. The molecule has 0 saturated carbocycles. The lowest BCUT2D eigenvalue weighted by molar-refractivity contribution is 0.0746. The summed E-state index contributed by atoms with van der Waals surface area (Å²) in [6.45, 7) is 7.75. The van der Waals surface area contributed by atoms with E-state index in [0.717, 1.165) is 35.7 Å². The van der Waals surface area contributed by atoms with Gasteiger partial charge in [-0.25, -0.2) is 0 Å². The van der Waals surface area contributed by atoms with Gasteiger partial charge in [0.15, 0.2) is 0 Å². The van der Waals surface area contributed by atoms with Crippen LogP contribution in [0.3, 0.4) is 0 Å². The van der Waals surface area contributed by atoms with Crippen LogP contribution in [0, 0.1) is 6.92 Å². The van der Waals surface area contributed by atoms with Crippen LogP contribution in [0.15, 0.2) is 66.7 Å². The van der Waals surface area contributed by atoms with Gasteiger partial charge in [-0.1, -0.05) is 29.8 Å². The predicted molar refractivity (Wildman–Crippen MR) is 133 cm³/mol. The lowest BCUT2D eigenvalue weighted by atomic mass is 10.1. The van der Waals surface area contributed by atoms with Gasteiger partial charge in [0.2, 0.25) is 0 Å². The highest BCUT2D eigenvalue weighted by Gasteiger charge is 2.23. The van der Waals surface area contributed by atoms with Crippen molar-refractivity contribution in [3.8, 4) is 11.5 Å². The number of carbonyl (C=O) groups excluding carboxylic acids is 1. The van der Waals surface area contributed by atoms with Crippen molar-refractivity contribution in [3.63, 3.8) is 0 Å². The van der Waals surface area contributed by atoms with Crippen LogP contribution in [0.5, 0.6) is 11.5 Å². The van der Waals surface area contributed by atoms with Gasteiger partial charge in [-0.05, 0) is 67.9 Å². The summed E-state index contributed by atoms with van der Waals surface area (Å²) in [6, 6.07) is 21.5. The maximum Gasteiger partial charge on any atom is 0.253 e. The summed E-state index contributed by atoms with van der Waals surface area (Å²) in [5.74, 6) is 1.50. The number of rotatable bonds is 7. The Bertz CT molecular complexity index is 1100. The number of carbonyl (C=O) groups is 1. The number of halogens is 1. The van der Waals surface area contributed by atoms with Gasteiger partial charge in [0.1, 0.15) is 18.1 Å². The summed E-state index contributed by atoms with van der Waals surface area (Å²) >= 11 is 6.12. The molecule has 1 aliphatic rings. The summed E-state index contributed by atoms with van der Waals surface area (Å²) in [6.07, 6.45) is 0. The van der Waals surface area contributed by atoms with Crippen molar-refractivity contribution in [1.29, 1.82) is 0 Å². The van der Waals surface area contributed by atoms with Crippen LogP contribution in [-0.4, -0.2) is 43.6 Å². The molecule has 1 aliphatic heterocycles. The quantitative estimate of drug-likeness (QED) is 0.457. The number of benzene rings is 3. The largest absolute Gasteiger partial charge is 0.493 e. The Balaban J connectivity index is 1.45. The van der Waals surface area contributed by atoms with Crippen LogP contribution in [0.1, 0.15) is 28.4 Å². The van der Waals surface area contributed by atoms with E-state index >= 15 is 0 Å². The lowest BCUT2D eigenvalue weighted by Crippen LogP contribution is -2.48. The lowest BCUT2D eigenvalue weighted by Gasteiger charge is -2.36. The second-order valence-electron chi connectivity index (χ2n) is 8.07. The van der Waals surface area contributed by atoms with E-state index in [1.54, 1.807) is 0 Å². The fourth-order valence-corrected chi connectivity index (χ4v) is 4.10. The summed E-state index contributed by atoms with van der Waals surface area (Å²) in [7, 11) is 0. The van der Waals surface area contributed by atoms with Crippen LogP contribution in [0.2, 0.25) is 5.02 Å². The molecule has 0 bridgehead atoms. The Labute approximate surface area is 200 Å². The van der Waals surface area contributed by atoms with E-state index in [1.807, 2.05) is 73.3 Å². The molecule has 6 heteroatoms. The highest BCUT2D eigenvalue weighted by molar-refractivity contribution is 6.31. The molecule has 3 aromatic rings. The van der Waals surface area contributed by atoms with Crippen molar-refractivity contribution in [2.45, 2.75) is 20.5 Å². The van der Waals surface area contributed by atoms with E-state index in [4.69, 9.17) is 21.1 Å². The Morgan fingerprint density at radius 2 is 1.70 bits per heavy atom. The first kappa shape index (κ1) is 23.0. The molecule has 1 amide bonds. The van der Waals surface area contributed by atoms with E-state index in [9.17, 15) is 4.79 Å². The van der Waals surface area contributed by atoms with Crippen LogP contribution in [0.25, 0.3) is 0 Å². The third-order valence-corrected chi connectivity index (χ3v) is 6.24. The van der Waals surface area contributed by atoms with Gasteiger partial charge in [0.05, 0.1) is 6.61 Å². The van der Waals surface area contributed by atoms with Gasteiger partial charge in [0, 0.05) is 48.0 Å². The van der Waals surface area contributed by atoms with Crippen molar-refractivity contribution in [3.05, 3.63) is 88.4 Å². The highest BCUT2D eigenvalue weighted by Crippen LogP contribution is 2.26. The first-order chi connectivity index (χ1) is 16.0. The summed E-state index contributed by atoms with van der Waals surface area (Å²) in [4.78, 5) is 17.5. The molecule has 5 nitrogen and oxygen atoms in total. The standard InChI is InChI=1S/C27H29ClN2O3/c1-3-32-26-12-9-21(18-22(26)19-33-24-10-11-25(28)20(2)17-24)27(31)30-15-13-29(14-16-30)23-7-5-4-6-8-23/h4-12,17-18H,3,13-16,19H2,1-2H3. The van der Waals surface area contributed by atoms with E-state index in [1.165, 1.54) is 5.69 Å². The van der Waals surface area contributed by atoms with Crippen molar-refractivity contribution < 1.29 is 14.3 Å². The number of nitrogens with zero attached hydrogens (tertiary/aromatic N) is 2. The highest BCUT2D eigenvalue weighted by atomic mass is 35.5. The zero-order chi connectivity index (χ0) is 23.2. The second kappa shape index (κ2) is 10.6. The SMILES string of the molecule is CCOc1ccc(C(=O)N2CCN(c3ccccc3)CC2)cc1COc1ccc(Cl)c(C)c1. The van der Waals surface area contributed by atoms with Crippen LogP contribution >= 0.6 is 11.6 Å². The molecule has 0 atom stereocenters. The van der Waals surface area contributed by atoms with Gasteiger partial charge in [-0.2, -0.15) is 0 Å². The maximum atomic E-state index is 13.2. The first-order valence-corrected chi connectivity index (χ1v) is 11.7. The normalized spacial score (nSPS) is 13.7.